The van der Waals surface area contributed by atoms with Gasteiger partial charge in [-0.25, -0.2) is 4.79 Å². The number of amides is 2. The molecule has 9 heteroatoms. The summed E-state index contributed by atoms with van der Waals surface area (Å²) < 4.78 is 33.6. The van der Waals surface area contributed by atoms with Crippen LogP contribution < -0.4 is 15.4 Å². The molecule has 1 aromatic carbocycles. The van der Waals surface area contributed by atoms with Crippen LogP contribution in [0, 0.1) is 0 Å². The number of carbonyl (C=O) groups excluding carboxylic acids is 3. The summed E-state index contributed by atoms with van der Waals surface area (Å²) in [6.45, 7) is -3.63. The number of hydrogen-bond donors (Lipinski definition) is 2. The predicted molar refractivity (Wildman–Crippen MR) is 73.8 cm³/mol. The van der Waals surface area contributed by atoms with Crippen LogP contribution in [0.5, 0.6) is 5.75 Å². The molecule has 0 unspecified atom stereocenters. The van der Waals surface area contributed by atoms with Gasteiger partial charge < -0.3 is 20.1 Å². The minimum absolute atomic E-state index is 0.0306. The Morgan fingerprint density at radius 1 is 1.35 bits per heavy atom. The Morgan fingerprint density at radius 2 is 2.09 bits per heavy atom. The molecule has 1 saturated heterocycles. The first-order valence-corrected chi connectivity index (χ1v) is 6.75. The maximum absolute atomic E-state index is 12.3. The van der Waals surface area contributed by atoms with Crippen LogP contribution in [0.15, 0.2) is 24.3 Å². The van der Waals surface area contributed by atoms with Crippen LogP contribution in [0.1, 0.15) is 12.8 Å². The normalized spacial score (nSPS) is 16.8. The smallest absolute Gasteiger partial charge is 0.387 e. The molecule has 7 nitrogen and oxygen atoms in total. The van der Waals surface area contributed by atoms with Gasteiger partial charge in [0.1, 0.15) is 11.8 Å². The number of esters is 1. The highest BCUT2D eigenvalue weighted by Gasteiger charge is 2.28. The molecule has 2 rings (SSSR count). The van der Waals surface area contributed by atoms with Gasteiger partial charge in [-0.15, -0.1) is 0 Å². The first-order valence-electron chi connectivity index (χ1n) is 6.75. The fraction of sp³-hybridized carbons (Fsp3) is 0.357. The highest BCUT2D eigenvalue weighted by atomic mass is 19.3. The van der Waals surface area contributed by atoms with Crippen molar-refractivity contribution in [2.75, 3.05) is 11.9 Å². The Labute approximate surface area is 129 Å². The molecule has 0 saturated carbocycles. The summed E-state index contributed by atoms with van der Waals surface area (Å²) in [6.07, 6.45) is 0.536. The molecule has 0 radical (unpaired) electrons. The Kier molecular flexibility index (Phi) is 5.45. The zero-order valence-electron chi connectivity index (χ0n) is 11.9. The fourth-order valence-corrected chi connectivity index (χ4v) is 1.98. The van der Waals surface area contributed by atoms with Gasteiger partial charge >= 0.3 is 12.6 Å². The van der Waals surface area contributed by atoms with Gasteiger partial charge in [-0.3, -0.25) is 9.59 Å². The van der Waals surface area contributed by atoms with E-state index in [0.29, 0.717) is 6.42 Å². The van der Waals surface area contributed by atoms with Crippen molar-refractivity contribution in [2.24, 2.45) is 0 Å². The van der Waals surface area contributed by atoms with E-state index in [1.165, 1.54) is 24.3 Å². The zero-order valence-corrected chi connectivity index (χ0v) is 11.9. The van der Waals surface area contributed by atoms with E-state index in [2.05, 4.69) is 15.4 Å². The van der Waals surface area contributed by atoms with Crippen molar-refractivity contribution < 1.29 is 32.6 Å². The minimum Gasteiger partial charge on any atom is -0.454 e. The molecule has 124 valence electrons. The fourth-order valence-electron chi connectivity index (χ4n) is 1.98. The summed E-state index contributed by atoms with van der Waals surface area (Å²) >= 11 is 0. The van der Waals surface area contributed by atoms with Gasteiger partial charge in [-0.05, 0) is 18.6 Å². The summed E-state index contributed by atoms with van der Waals surface area (Å²) in [6, 6.07) is 4.87. The third-order valence-corrected chi connectivity index (χ3v) is 3.00. The van der Waals surface area contributed by atoms with Gasteiger partial charge in [0.25, 0.3) is 5.91 Å². The lowest BCUT2D eigenvalue weighted by Crippen LogP contribution is -2.36. The molecule has 0 aromatic heterocycles. The number of para-hydroxylation sites is 2. The van der Waals surface area contributed by atoms with Crippen molar-refractivity contribution >= 4 is 23.5 Å². The van der Waals surface area contributed by atoms with E-state index in [1.54, 1.807) is 0 Å². The largest absolute Gasteiger partial charge is 0.454 e. The van der Waals surface area contributed by atoms with Gasteiger partial charge in [0.05, 0.1) is 5.69 Å². The Hall–Kier alpha value is -2.71. The Balaban J connectivity index is 1.85. The summed E-state index contributed by atoms with van der Waals surface area (Å²) in [5.41, 5.74) is 0.0306. The maximum atomic E-state index is 12.3. The topological polar surface area (TPSA) is 93.7 Å². The SMILES string of the molecule is O=C(COC(=O)[C@@H]1CCC(=O)N1)Nc1ccccc1OC(F)F. The zero-order chi connectivity index (χ0) is 16.8. The number of halogens is 2. The maximum Gasteiger partial charge on any atom is 0.387 e. The summed E-state index contributed by atoms with van der Waals surface area (Å²) in [7, 11) is 0. The average molecular weight is 328 g/mol. The quantitative estimate of drug-likeness (QED) is 0.761. The van der Waals surface area contributed by atoms with Crippen LogP contribution >= 0.6 is 0 Å². The molecule has 0 aliphatic carbocycles. The standard InChI is InChI=1S/C14H14F2N2O5/c15-14(16)23-10-4-2-1-3-8(10)17-12(20)7-22-13(21)9-5-6-11(19)18-9/h1-4,9,14H,5-7H2,(H,17,20)(H,18,19)/t9-/m0/s1. The number of rotatable bonds is 6. The molecule has 1 aromatic rings. The summed E-state index contributed by atoms with van der Waals surface area (Å²) in [5.74, 6) is -1.89. The molecule has 0 bridgehead atoms. The number of benzene rings is 1. The third-order valence-electron chi connectivity index (χ3n) is 3.00. The molecule has 1 fully saturated rings. The van der Waals surface area contributed by atoms with E-state index in [9.17, 15) is 23.2 Å². The van der Waals surface area contributed by atoms with Crippen LogP contribution in [-0.4, -0.2) is 37.0 Å². The molecule has 1 aliphatic rings. The van der Waals surface area contributed by atoms with Crippen molar-refractivity contribution in [3.05, 3.63) is 24.3 Å². The van der Waals surface area contributed by atoms with E-state index >= 15 is 0 Å². The van der Waals surface area contributed by atoms with Crippen molar-refractivity contribution in [3.63, 3.8) is 0 Å². The van der Waals surface area contributed by atoms with Crippen LogP contribution in [0.25, 0.3) is 0 Å². The van der Waals surface area contributed by atoms with Crippen LogP contribution in [0.3, 0.4) is 0 Å². The van der Waals surface area contributed by atoms with Crippen LogP contribution in [-0.2, 0) is 19.1 Å². The molecule has 1 aliphatic heterocycles. The van der Waals surface area contributed by atoms with Gasteiger partial charge in [0, 0.05) is 6.42 Å². The lowest BCUT2D eigenvalue weighted by atomic mass is 10.2. The Morgan fingerprint density at radius 3 is 2.74 bits per heavy atom. The predicted octanol–water partition coefficient (Wildman–Crippen LogP) is 1.05. The van der Waals surface area contributed by atoms with Crippen molar-refractivity contribution in [1.82, 2.24) is 5.32 Å². The van der Waals surface area contributed by atoms with E-state index in [4.69, 9.17) is 4.74 Å². The summed E-state index contributed by atoms with van der Waals surface area (Å²) in [4.78, 5) is 34.3. The number of ether oxygens (including phenoxy) is 2. The highest BCUT2D eigenvalue weighted by Crippen LogP contribution is 2.25. The van der Waals surface area contributed by atoms with Crippen molar-refractivity contribution in [2.45, 2.75) is 25.5 Å². The van der Waals surface area contributed by atoms with Crippen LogP contribution in [0.2, 0.25) is 0 Å². The molecule has 2 amide bonds. The molecule has 1 heterocycles. The highest BCUT2D eigenvalue weighted by molar-refractivity contribution is 5.95. The van der Waals surface area contributed by atoms with Gasteiger partial charge in [0.2, 0.25) is 5.91 Å². The lowest BCUT2D eigenvalue weighted by molar-refractivity contribution is -0.149. The van der Waals surface area contributed by atoms with E-state index in [1.807, 2.05) is 0 Å². The first-order chi connectivity index (χ1) is 11.0. The third kappa shape index (κ3) is 4.90. The average Bonchev–Trinajstić information content (AvgIpc) is 2.93. The number of nitrogens with one attached hydrogen (secondary N) is 2. The molecule has 0 spiro atoms. The van der Waals surface area contributed by atoms with E-state index < -0.39 is 31.1 Å². The monoisotopic (exact) mass is 328 g/mol. The number of hydrogen-bond acceptors (Lipinski definition) is 5. The van der Waals surface area contributed by atoms with Gasteiger partial charge in [-0.2, -0.15) is 8.78 Å². The number of anilines is 1. The van der Waals surface area contributed by atoms with Gasteiger partial charge in [-0.1, -0.05) is 12.1 Å². The lowest BCUT2D eigenvalue weighted by Gasteiger charge is -2.13. The number of carbonyl (C=O) groups is 3. The molecule has 23 heavy (non-hydrogen) atoms. The van der Waals surface area contributed by atoms with Gasteiger partial charge in [0.15, 0.2) is 6.61 Å². The second-order valence-corrected chi connectivity index (χ2v) is 4.69. The van der Waals surface area contributed by atoms with Crippen molar-refractivity contribution in [3.8, 4) is 5.75 Å². The number of alkyl halides is 2. The summed E-state index contributed by atoms with van der Waals surface area (Å²) in [5, 5.41) is 4.72. The Bertz CT molecular complexity index is 609. The molecular weight excluding hydrogens is 314 g/mol. The second kappa shape index (κ2) is 7.52. The van der Waals surface area contributed by atoms with E-state index in [0.717, 1.165) is 0 Å². The van der Waals surface area contributed by atoms with Crippen LogP contribution in [0.4, 0.5) is 14.5 Å². The van der Waals surface area contributed by atoms with Crippen molar-refractivity contribution in [1.29, 1.82) is 0 Å². The molecule has 1 atom stereocenters. The molecular formula is C14H14F2N2O5. The molecule has 2 N–H and O–H groups in total. The minimum atomic E-state index is -3.03. The van der Waals surface area contributed by atoms with E-state index in [-0.39, 0.29) is 23.8 Å². The first kappa shape index (κ1) is 16.7. The second-order valence-electron chi connectivity index (χ2n) is 4.69.